The highest BCUT2D eigenvalue weighted by Gasteiger charge is 2.24. The van der Waals surface area contributed by atoms with Crippen LogP contribution in [0.2, 0.25) is 0 Å². The molecule has 0 spiro atoms. The van der Waals surface area contributed by atoms with Gasteiger partial charge in [-0.25, -0.2) is 0 Å². The molecule has 1 aliphatic rings. The molecule has 1 saturated carbocycles. The number of nitrogens with zero attached hydrogens (tertiary/aromatic N) is 1. The van der Waals surface area contributed by atoms with Gasteiger partial charge in [-0.3, -0.25) is 9.69 Å². The van der Waals surface area contributed by atoms with Crippen molar-refractivity contribution in [3.63, 3.8) is 0 Å². The Morgan fingerprint density at radius 2 is 1.95 bits per heavy atom. The van der Waals surface area contributed by atoms with Crippen molar-refractivity contribution in [1.29, 1.82) is 0 Å². The first kappa shape index (κ1) is 13.9. The summed E-state index contributed by atoms with van der Waals surface area (Å²) in [6, 6.07) is 7.62. The van der Waals surface area contributed by atoms with Gasteiger partial charge in [-0.2, -0.15) is 0 Å². The standard InChI is InChI=1S/C15H21NO3/c1-19-15(18)11-16(13-4-2-3-5-13)10-12-6-8-14(17)9-7-12/h6-9,13,17H,2-5,10-11H2,1H3. The van der Waals surface area contributed by atoms with E-state index in [1.165, 1.54) is 20.0 Å². The number of phenolic OH excluding ortho intramolecular Hbond substituents is 1. The summed E-state index contributed by atoms with van der Waals surface area (Å²) in [6.45, 7) is 1.06. The van der Waals surface area contributed by atoms with Crippen LogP contribution in [0, 0.1) is 0 Å². The topological polar surface area (TPSA) is 49.8 Å². The Balaban J connectivity index is 2.03. The van der Waals surface area contributed by atoms with Gasteiger partial charge < -0.3 is 9.84 Å². The van der Waals surface area contributed by atoms with Crippen LogP contribution in [0.1, 0.15) is 31.2 Å². The number of aromatic hydroxyl groups is 1. The summed E-state index contributed by atoms with van der Waals surface area (Å²) in [5, 5.41) is 9.30. The van der Waals surface area contributed by atoms with Crippen LogP contribution < -0.4 is 0 Å². The van der Waals surface area contributed by atoms with Gasteiger partial charge in [-0.1, -0.05) is 25.0 Å². The van der Waals surface area contributed by atoms with Crippen LogP contribution in [0.3, 0.4) is 0 Å². The lowest BCUT2D eigenvalue weighted by atomic mass is 10.1. The Hall–Kier alpha value is -1.55. The maximum atomic E-state index is 11.5. The first-order valence-electron chi connectivity index (χ1n) is 6.78. The van der Waals surface area contributed by atoms with Gasteiger partial charge in [-0.05, 0) is 30.5 Å². The van der Waals surface area contributed by atoms with Crippen molar-refractivity contribution in [2.45, 2.75) is 38.3 Å². The van der Waals surface area contributed by atoms with Gasteiger partial charge in [0.05, 0.1) is 13.7 Å². The highest BCUT2D eigenvalue weighted by atomic mass is 16.5. The molecule has 0 aliphatic heterocycles. The third-order valence-corrected chi connectivity index (χ3v) is 3.72. The number of carbonyl (C=O) groups excluding carboxylic acids is 1. The quantitative estimate of drug-likeness (QED) is 0.828. The summed E-state index contributed by atoms with van der Waals surface area (Å²) in [5.41, 5.74) is 1.11. The molecule has 19 heavy (non-hydrogen) atoms. The van der Waals surface area contributed by atoms with Crippen molar-refractivity contribution in [3.8, 4) is 5.75 Å². The minimum atomic E-state index is -0.189. The van der Waals surface area contributed by atoms with Gasteiger partial charge in [0.15, 0.2) is 0 Å². The number of methoxy groups -OCH3 is 1. The van der Waals surface area contributed by atoms with Crippen molar-refractivity contribution < 1.29 is 14.6 Å². The van der Waals surface area contributed by atoms with E-state index < -0.39 is 0 Å². The van der Waals surface area contributed by atoms with Gasteiger partial charge in [0.25, 0.3) is 0 Å². The summed E-state index contributed by atoms with van der Waals surface area (Å²) >= 11 is 0. The third-order valence-electron chi connectivity index (χ3n) is 3.72. The van der Waals surface area contributed by atoms with Crippen molar-refractivity contribution in [2.24, 2.45) is 0 Å². The molecule has 4 nitrogen and oxygen atoms in total. The van der Waals surface area contributed by atoms with Crippen LogP contribution in [-0.4, -0.2) is 35.7 Å². The summed E-state index contributed by atoms with van der Waals surface area (Å²) < 4.78 is 4.78. The van der Waals surface area contributed by atoms with Gasteiger partial charge >= 0.3 is 5.97 Å². The molecule has 0 atom stereocenters. The molecule has 4 heteroatoms. The average Bonchev–Trinajstić information content (AvgIpc) is 2.94. The summed E-state index contributed by atoms with van der Waals surface area (Å²) in [6.07, 6.45) is 4.76. The van der Waals surface area contributed by atoms with Crippen LogP contribution in [0.5, 0.6) is 5.75 Å². The lowest BCUT2D eigenvalue weighted by Crippen LogP contribution is -2.37. The second-order valence-corrected chi connectivity index (χ2v) is 5.09. The Bertz CT molecular complexity index is 410. The highest BCUT2D eigenvalue weighted by Crippen LogP contribution is 2.25. The van der Waals surface area contributed by atoms with Crippen molar-refractivity contribution in [2.75, 3.05) is 13.7 Å². The fourth-order valence-electron chi connectivity index (χ4n) is 2.65. The molecule has 1 fully saturated rings. The molecular weight excluding hydrogens is 242 g/mol. The van der Waals surface area contributed by atoms with Crippen LogP contribution in [0.4, 0.5) is 0 Å². The summed E-state index contributed by atoms with van der Waals surface area (Å²) in [5.74, 6) is 0.0785. The molecule has 1 aliphatic carbocycles. The normalized spacial score (nSPS) is 15.9. The number of ether oxygens (including phenoxy) is 1. The molecule has 0 aromatic heterocycles. The van der Waals surface area contributed by atoms with E-state index in [-0.39, 0.29) is 11.7 Å². The lowest BCUT2D eigenvalue weighted by molar-refractivity contribution is -0.142. The molecule has 0 amide bonds. The largest absolute Gasteiger partial charge is 0.508 e. The molecular formula is C15H21NO3. The molecule has 0 radical (unpaired) electrons. The number of phenols is 1. The van der Waals surface area contributed by atoms with Gasteiger partial charge in [-0.15, -0.1) is 0 Å². The first-order valence-corrected chi connectivity index (χ1v) is 6.78. The maximum absolute atomic E-state index is 11.5. The Morgan fingerprint density at radius 1 is 1.32 bits per heavy atom. The number of esters is 1. The van der Waals surface area contributed by atoms with Crippen molar-refractivity contribution in [3.05, 3.63) is 29.8 Å². The van der Waals surface area contributed by atoms with Crippen LogP contribution in [-0.2, 0) is 16.1 Å². The molecule has 0 saturated heterocycles. The van der Waals surface area contributed by atoms with Gasteiger partial charge in [0.2, 0.25) is 0 Å². The monoisotopic (exact) mass is 263 g/mol. The molecule has 0 bridgehead atoms. The number of hydrogen-bond donors (Lipinski definition) is 1. The van der Waals surface area contributed by atoms with E-state index in [1.54, 1.807) is 12.1 Å². The van der Waals surface area contributed by atoms with E-state index in [2.05, 4.69) is 4.90 Å². The SMILES string of the molecule is COC(=O)CN(Cc1ccc(O)cc1)C1CCCC1. The summed E-state index contributed by atoms with van der Waals surface area (Å²) in [4.78, 5) is 13.7. The fraction of sp³-hybridized carbons (Fsp3) is 0.533. The second-order valence-electron chi connectivity index (χ2n) is 5.09. The minimum absolute atomic E-state index is 0.189. The molecule has 1 aromatic rings. The predicted molar refractivity (Wildman–Crippen MR) is 72.8 cm³/mol. The number of rotatable bonds is 5. The van der Waals surface area contributed by atoms with Crippen molar-refractivity contribution in [1.82, 2.24) is 4.90 Å². The van der Waals surface area contributed by atoms with E-state index in [1.807, 2.05) is 12.1 Å². The molecule has 2 rings (SSSR count). The van der Waals surface area contributed by atoms with E-state index in [0.29, 0.717) is 12.6 Å². The fourth-order valence-corrected chi connectivity index (χ4v) is 2.65. The van der Waals surface area contributed by atoms with E-state index in [0.717, 1.165) is 24.9 Å². The smallest absolute Gasteiger partial charge is 0.319 e. The average molecular weight is 263 g/mol. The van der Waals surface area contributed by atoms with Gasteiger partial charge in [0.1, 0.15) is 5.75 Å². The minimum Gasteiger partial charge on any atom is -0.508 e. The number of carbonyl (C=O) groups is 1. The Morgan fingerprint density at radius 3 is 2.53 bits per heavy atom. The summed E-state index contributed by atoms with van der Waals surface area (Å²) in [7, 11) is 1.43. The molecule has 1 N–H and O–H groups in total. The molecule has 0 unspecified atom stereocenters. The van der Waals surface area contributed by atoms with E-state index in [9.17, 15) is 9.90 Å². The van der Waals surface area contributed by atoms with Gasteiger partial charge in [0, 0.05) is 12.6 Å². The molecule has 0 heterocycles. The first-order chi connectivity index (χ1) is 9.19. The zero-order valence-electron chi connectivity index (χ0n) is 11.3. The zero-order valence-corrected chi connectivity index (χ0v) is 11.3. The second kappa shape index (κ2) is 6.57. The molecule has 104 valence electrons. The molecule has 1 aromatic carbocycles. The predicted octanol–water partition coefficient (Wildman–Crippen LogP) is 2.31. The van der Waals surface area contributed by atoms with Crippen molar-refractivity contribution >= 4 is 5.97 Å². The zero-order chi connectivity index (χ0) is 13.7. The Labute approximate surface area is 114 Å². The Kier molecular flexibility index (Phi) is 4.80. The van der Waals surface area contributed by atoms with Crippen LogP contribution in [0.25, 0.3) is 0 Å². The number of benzene rings is 1. The highest BCUT2D eigenvalue weighted by molar-refractivity contribution is 5.71. The number of hydrogen-bond acceptors (Lipinski definition) is 4. The van der Waals surface area contributed by atoms with Crippen LogP contribution >= 0.6 is 0 Å². The van der Waals surface area contributed by atoms with Crippen LogP contribution in [0.15, 0.2) is 24.3 Å². The maximum Gasteiger partial charge on any atom is 0.319 e. The lowest BCUT2D eigenvalue weighted by Gasteiger charge is -2.27. The van der Waals surface area contributed by atoms with E-state index in [4.69, 9.17) is 4.74 Å². The third kappa shape index (κ3) is 3.96. The van der Waals surface area contributed by atoms with E-state index >= 15 is 0 Å².